The van der Waals surface area contributed by atoms with E-state index in [-0.39, 0.29) is 35.6 Å². The Bertz CT molecular complexity index is 667. The summed E-state index contributed by atoms with van der Waals surface area (Å²) >= 11 is 0. The van der Waals surface area contributed by atoms with Gasteiger partial charge < -0.3 is 14.6 Å². The van der Waals surface area contributed by atoms with Crippen LogP contribution in [0.1, 0.15) is 16.8 Å². The molecule has 21 heavy (non-hydrogen) atoms. The number of nitrogens with zero attached hydrogens (tertiary/aromatic N) is 1. The molecule has 0 bridgehead atoms. The summed E-state index contributed by atoms with van der Waals surface area (Å²) < 4.78 is 28.2. The van der Waals surface area contributed by atoms with Crippen molar-refractivity contribution >= 4 is 15.7 Å². The standard InChI is InChI=1S/C13H18N2O5S/c1-20-6-5-15(10-3-7-21(18,19)9-10)13(17)11-8-14-4-2-12(11)16/h2,4,8,10H,3,5-7,9H2,1H3,(H,14,16). The van der Waals surface area contributed by atoms with Gasteiger partial charge in [-0.05, 0) is 6.42 Å². The summed E-state index contributed by atoms with van der Waals surface area (Å²) in [4.78, 5) is 28.4. The first-order chi connectivity index (χ1) is 9.94. The Hall–Kier alpha value is -1.67. The average Bonchev–Trinajstić information content (AvgIpc) is 2.79. The SMILES string of the molecule is COCCN(C(=O)c1c[nH]ccc1=O)C1CCS(=O)(=O)C1. The number of amides is 1. The van der Waals surface area contributed by atoms with Crippen LogP contribution in [0, 0.1) is 0 Å². The molecule has 1 unspecified atom stereocenters. The highest BCUT2D eigenvalue weighted by Crippen LogP contribution is 2.19. The number of carbonyl (C=O) groups excluding carboxylic acids is 1. The van der Waals surface area contributed by atoms with Crippen molar-refractivity contribution in [1.29, 1.82) is 0 Å². The predicted molar refractivity (Wildman–Crippen MR) is 77.0 cm³/mol. The summed E-state index contributed by atoms with van der Waals surface area (Å²) in [7, 11) is -1.61. The number of aromatic nitrogens is 1. The molecule has 8 heteroatoms. The van der Waals surface area contributed by atoms with E-state index < -0.39 is 21.8 Å². The minimum atomic E-state index is -3.11. The molecule has 0 aromatic carbocycles. The number of nitrogens with one attached hydrogen (secondary N) is 1. The van der Waals surface area contributed by atoms with E-state index in [2.05, 4.69) is 4.98 Å². The Balaban J connectivity index is 2.26. The van der Waals surface area contributed by atoms with Crippen molar-refractivity contribution < 1.29 is 17.9 Å². The molecule has 1 aliphatic rings. The van der Waals surface area contributed by atoms with E-state index in [9.17, 15) is 18.0 Å². The fourth-order valence-corrected chi connectivity index (χ4v) is 4.13. The Morgan fingerprint density at radius 1 is 1.52 bits per heavy atom. The van der Waals surface area contributed by atoms with Gasteiger partial charge in [-0.3, -0.25) is 9.59 Å². The Morgan fingerprint density at radius 3 is 2.86 bits per heavy atom. The van der Waals surface area contributed by atoms with Gasteiger partial charge in [0.05, 0.1) is 18.1 Å². The zero-order chi connectivity index (χ0) is 15.5. The number of H-pyrrole nitrogens is 1. The maximum atomic E-state index is 12.5. The molecule has 1 saturated heterocycles. The second-order valence-corrected chi connectivity index (χ2v) is 7.20. The highest BCUT2D eigenvalue weighted by Gasteiger charge is 2.35. The van der Waals surface area contributed by atoms with Crippen LogP contribution in [0.25, 0.3) is 0 Å². The molecule has 1 aromatic rings. The van der Waals surface area contributed by atoms with Gasteiger partial charge in [-0.15, -0.1) is 0 Å². The monoisotopic (exact) mass is 314 g/mol. The first-order valence-electron chi connectivity index (χ1n) is 6.62. The van der Waals surface area contributed by atoms with E-state index in [1.807, 2.05) is 0 Å². The van der Waals surface area contributed by atoms with Gasteiger partial charge in [-0.1, -0.05) is 0 Å². The molecular formula is C13H18N2O5S. The van der Waals surface area contributed by atoms with E-state index in [4.69, 9.17) is 4.74 Å². The number of aromatic amines is 1. The molecule has 1 atom stereocenters. The Morgan fingerprint density at radius 2 is 2.29 bits per heavy atom. The topological polar surface area (TPSA) is 96.5 Å². The van der Waals surface area contributed by atoms with Gasteiger partial charge in [-0.2, -0.15) is 0 Å². The zero-order valence-electron chi connectivity index (χ0n) is 11.7. The van der Waals surface area contributed by atoms with Crippen molar-refractivity contribution in [3.8, 4) is 0 Å². The molecular weight excluding hydrogens is 296 g/mol. The number of hydrogen-bond acceptors (Lipinski definition) is 5. The van der Waals surface area contributed by atoms with Crippen molar-refractivity contribution in [3.05, 3.63) is 34.2 Å². The third-order valence-corrected chi connectivity index (χ3v) is 5.25. The average molecular weight is 314 g/mol. The highest BCUT2D eigenvalue weighted by molar-refractivity contribution is 7.91. The second kappa shape index (κ2) is 6.40. The van der Waals surface area contributed by atoms with Gasteiger partial charge in [0.2, 0.25) is 0 Å². The minimum Gasteiger partial charge on any atom is -0.383 e. The first-order valence-corrected chi connectivity index (χ1v) is 8.44. The molecule has 2 rings (SSSR count). The largest absolute Gasteiger partial charge is 0.383 e. The van der Waals surface area contributed by atoms with Crippen LogP contribution in [0.2, 0.25) is 0 Å². The van der Waals surface area contributed by atoms with Crippen LogP contribution in [-0.4, -0.2) is 62.0 Å². The van der Waals surface area contributed by atoms with Gasteiger partial charge >= 0.3 is 0 Å². The lowest BCUT2D eigenvalue weighted by Crippen LogP contribution is -2.44. The van der Waals surface area contributed by atoms with E-state index in [0.717, 1.165) is 0 Å². The summed E-state index contributed by atoms with van der Waals surface area (Å²) in [5.41, 5.74) is -0.375. The molecule has 0 aliphatic carbocycles. The van der Waals surface area contributed by atoms with Crippen molar-refractivity contribution in [2.45, 2.75) is 12.5 Å². The Labute approximate surface area is 122 Å². The lowest BCUT2D eigenvalue weighted by Gasteiger charge is -2.27. The van der Waals surface area contributed by atoms with Crippen molar-refractivity contribution in [2.24, 2.45) is 0 Å². The van der Waals surface area contributed by atoms with E-state index >= 15 is 0 Å². The van der Waals surface area contributed by atoms with Crippen molar-refractivity contribution in [3.63, 3.8) is 0 Å². The lowest BCUT2D eigenvalue weighted by molar-refractivity contribution is 0.0622. The number of carbonyl (C=O) groups is 1. The molecule has 0 saturated carbocycles. The second-order valence-electron chi connectivity index (χ2n) is 4.97. The quantitative estimate of drug-likeness (QED) is 0.801. The molecule has 7 nitrogen and oxygen atoms in total. The number of hydrogen-bond donors (Lipinski definition) is 1. The molecule has 1 aromatic heterocycles. The molecule has 1 amide bonds. The fourth-order valence-electron chi connectivity index (χ4n) is 2.40. The molecule has 2 heterocycles. The van der Waals surface area contributed by atoms with Gasteiger partial charge in [0.25, 0.3) is 5.91 Å². The van der Waals surface area contributed by atoms with Gasteiger partial charge in [0, 0.05) is 38.2 Å². The van der Waals surface area contributed by atoms with Gasteiger partial charge in [0.1, 0.15) is 5.56 Å². The third kappa shape index (κ3) is 3.70. The molecule has 1 N–H and O–H groups in total. The van der Waals surface area contributed by atoms with Gasteiger partial charge in [-0.25, -0.2) is 8.42 Å². The molecule has 0 radical (unpaired) electrons. The third-order valence-electron chi connectivity index (χ3n) is 3.50. The maximum absolute atomic E-state index is 12.5. The van der Waals surface area contributed by atoms with Crippen LogP contribution in [0.5, 0.6) is 0 Å². The van der Waals surface area contributed by atoms with Crippen LogP contribution in [0.4, 0.5) is 0 Å². The summed E-state index contributed by atoms with van der Waals surface area (Å²) in [5, 5.41) is 0. The number of rotatable bonds is 5. The summed E-state index contributed by atoms with van der Waals surface area (Å²) in [6.07, 6.45) is 3.18. The normalized spacial score (nSPS) is 20.3. The van der Waals surface area contributed by atoms with Crippen molar-refractivity contribution in [2.75, 3.05) is 31.8 Å². The highest BCUT2D eigenvalue weighted by atomic mass is 32.2. The van der Waals surface area contributed by atoms with Crippen LogP contribution >= 0.6 is 0 Å². The van der Waals surface area contributed by atoms with Gasteiger partial charge in [0.15, 0.2) is 15.3 Å². The summed E-state index contributed by atoms with van der Waals surface area (Å²) in [5.74, 6) is -0.455. The van der Waals surface area contributed by atoms with Crippen LogP contribution < -0.4 is 5.43 Å². The van der Waals surface area contributed by atoms with E-state index in [1.54, 1.807) is 0 Å². The van der Waals surface area contributed by atoms with Crippen LogP contribution in [0.3, 0.4) is 0 Å². The van der Waals surface area contributed by atoms with Crippen LogP contribution in [0.15, 0.2) is 23.3 Å². The predicted octanol–water partition coefficient (Wildman–Crippen LogP) is -0.349. The smallest absolute Gasteiger partial charge is 0.259 e. The number of sulfone groups is 1. The number of pyridine rings is 1. The molecule has 116 valence electrons. The molecule has 1 aliphatic heterocycles. The molecule has 1 fully saturated rings. The minimum absolute atomic E-state index is 0.0119. The number of methoxy groups -OCH3 is 1. The Kier molecular flexibility index (Phi) is 4.79. The van der Waals surface area contributed by atoms with E-state index in [1.165, 1.54) is 30.5 Å². The lowest BCUT2D eigenvalue weighted by atomic mass is 10.1. The summed E-state index contributed by atoms with van der Waals surface area (Å²) in [6, 6.07) is 0.866. The first kappa shape index (κ1) is 15.7. The van der Waals surface area contributed by atoms with E-state index in [0.29, 0.717) is 6.42 Å². The zero-order valence-corrected chi connectivity index (χ0v) is 12.6. The van der Waals surface area contributed by atoms with Crippen LogP contribution in [-0.2, 0) is 14.6 Å². The molecule has 0 spiro atoms. The van der Waals surface area contributed by atoms with Crippen molar-refractivity contribution in [1.82, 2.24) is 9.88 Å². The summed E-state index contributed by atoms with van der Waals surface area (Å²) in [6.45, 7) is 0.539. The maximum Gasteiger partial charge on any atom is 0.259 e. The number of ether oxygens (including phenoxy) is 1. The fraction of sp³-hybridized carbons (Fsp3) is 0.538.